The minimum absolute atomic E-state index is 0.0811. The van der Waals surface area contributed by atoms with Crippen LogP contribution >= 0.6 is 0 Å². The lowest BCUT2D eigenvalue weighted by Gasteiger charge is -1.96. The topological polar surface area (TPSA) is 80.4 Å². The van der Waals surface area contributed by atoms with E-state index >= 15 is 0 Å². The third-order valence-electron chi connectivity index (χ3n) is 1.62. The van der Waals surface area contributed by atoms with Crippen LogP contribution in [0.25, 0.3) is 6.08 Å². The average Bonchev–Trinajstić information content (AvgIpc) is 2.18. The van der Waals surface area contributed by atoms with E-state index in [1.165, 1.54) is 24.3 Å². The summed E-state index contributed by atoms with van der Waals surface area (Å²) in [6, 6.07) is 5.30. The molecule has 0 bridgehead atoms. The molecule has 0 radical (unpaired) electrons. The van der Waals surface area contributed by atoms with E-state index in [4.69, 9.17) is 5.11 Å². The summed E-state index contributed by atoms with van der Waals surface area (Å²) in [5, 5.41) is 18.7. The predicted octanol–water partition coefficient (Wildman–Crippen LogP) is 1.99. The smallest absolute Gasteiger partial charge is 0.364 e. The third-order valence-corrected chi connectivity index (χ3v) is 1.62. The van der Waals surface area contributed by atoms with Crippen LogP contribution in [0.5, 0.6) is 0 Å². The van der Waals surface area contributed by atoms with Gasteiger partial charge in [0.2, 0.25) is 5.83 Å². The van der Waals surface area contributed by atoms with Crippen LogP contribution in [0.3, 0.4) is 0 Å². The second-order valence-corrected chi connectivity index (χ2v) is 2.61. The fourth-order valence-electron chi connectivity index (χ4n) is 0.974. The molecule has 0 aromatic heterocycles. The summed E-state index contributed by atoms with van der Waals surface area (Å²) >= 11 is 0. The zero-order valence-corrected chi connectivity index (χ0v) is 7.38. The van der Waals surface area contributed by atoms with E-state index in [0.717, 1.165) is 0 Å². The van der Waals surface area contributed by atoms with Gasteiger partial charge in [-0.3, -0.25) is 10.1 Å². The molecule has 0 unspecified atom stereocenters. The molecule has 0 aliphatic carbocycles. The molecule has 0 aliphatic heterocycles. The number of benzene rings is 1. The summed E-state index contributed by atoms with van der Waals surface area (Å²) in [7, 11) is 0. The van der Waals surface area contributed by atoms with Gasteiger partial charge in [-0.2, -0.15) is 4.39 Å². The van der Waals surface area contributed by atoms with Crippen LogP contribution in [-0.4, -0.2) is 16.0 Å². The van der Waals surface area contributed by atoms with E-state index < -0.39 is 16.7 Å². The number of carboxylic acids is 1. The van der Waals surface area contributed by atoms with Gasteiger partial charge in [0.1, 0.15) is 0 Å². The molecule has 1 aromatic carbocycles. The van der Waals surface area contributed by atoms with Crippen molar-refractivity contribution >= 4 is 17.7 Å². The summed E-state index contributed by atoms with van der Waals surface area (Å²) in [4.78, 5) is 19.9. The largest absolute Gasteiger partial charge is 0.476 e. The van der Waals surface area contributed by atoms with Gasteiger partial charge in [0.25, 0.3) is 5.69 Å². The van der Waals surface area contributed by atoms with Crippen molar-refractivity contribution in [2.75, 3.05) is 0 Å². The first-order chi connectivity index (χ1) is 7.02. The van der Waals surface area contributed by atoms with Gasteiger partial charge in [-0.25, -0.2) is 4.79 Å². The lowest BCUT2D eigenvalue weighted by atomic mass is 10.1. The van der Waals surface area contributed by atoms with Crippen LogP contribution in [0.2, 0.25) is 0 Å². The Hall–Kier alpha value is -2.24. The van der Waals surface area contributed by atoms with Gasteiger partial charge in [-0.1, -0.05) is 12.1 Å². The Bertz CT molecular complexity index is 441. The van der Waals surface area contributed by atoms with Crippen molar-refractivity contribution in [3.8, 4) is 0 Å². The van der Waals surface area contributed by atoms with Crippen LogP contribution in [0.4, 0.5) is 10.1 Å². The number of para-hydroxylation sites is 1. The number of hydrogen-bond acceptors (Lipinski definition) is 3. The molecule has 5 nitrogen and oxygen atoms in total. The van der Waals surface area contributed by atoms with Crippen molar-refractivity contribution in [1.29, 1.82) is 0 Å². The van der Waals surface area contributed by atoms with Crippen LogP contribution in [0.15, 0.2) is 30.1 Å². The molecule has 6 heteroatoms. The molecule has 78 valence electrons. The minimum atomic E-state index is -1.76. The zero-order valence-electron chi connectivity index (χ0n) is 7.38. The van der Waals surface area contributed by atoms with Gasteiger partial charge in [0.05, 0.1) is 10.5 Å². The van der Waals surface area contributed by atoms with Crippen LogP contribution < -0.4 is 0 Å². The lowest BCUT2D eigenvalue weighted by molar-refractivity contribution is -0.385. The Morgan fingerprint density at radius 3 is 2.60 bits per heavy atom. The molecule has 15 heavy (non-hydrogen) atoms. The molecular weight excluding hydrogens is 205 g/mol. The number of nitro groups is 1. The van der Waals surface area contributed by atoms with Crippen molar-refractivity contribution in [2.45, 2.75) is 0 Å². The first-order valence-corrected chi connectivity index (χ1v) is 3.86. The fraction of sp³-hybridized carbons (Fsp3) is 0. The maximum atomic E-state index is 12.7. The van der Waals surface area contributed by atoms with Crippen molar-refractivity contribution in [1.82, 2.24) is 0 Å². The number of rotatable bonds is 3. The molecule has 0 atom stereocenters. The Labute approximate surface area is 83.6 Å². The first kappa shape index (κ1) is 10.8. The monoisotopic (exact) mass is 211 g/mol. The van der Waals surface area contributed by atoms with Gasteiger partial charge >= 0.3 is 5.97 Å². The van der Waals surface area contributed by atoms with Gasteiger partial charge in [0.15, 0.2) is 0 Å². The van der Waals surface area contributed by atoms with Crippen LogP contribution in [0, 0.1) is 10.1 Å². The summed E-state index contributed by atoms with van der Waals surface area (Å²) in [5.74, 6) is -3.20. The predicted molar refractivity (Wildman–Crippen MR) is 49.8 cm³/mol. The highest BCUT2D eigenvalue weighted by molar-refractivity contribution is 5.90. The van der Waals surface area contributed by atoms with E-state index in [9.17, 15) is 19.3 Å². The Balaban J connectivity index is 3.20. The molecule has 0 aliphatic rings. The Morgan fingerprint density at radius 1 is 1.47 bits per heavy atom. The number of halogens is 1. The second kappa shape index (κ2) is 4.32. The number of nitro benzene ring substituents is 1. The standard InChI is InChI=1S/C9H6FNO4/c10-7(9(12)13)5-6-3-1-2-4-8(6)11(14)15/h1-5H,(H,12,13)/b7-5-. The molecular formula is C9H6FNO4. The Kier molecular flexibility index (Phi) is 3.12. The van der Waals surface area contributed by atoms with Crippen LogP contribution in [0.1, 0.15) is 5.56 Å². The molecule has 0 heterocycles. The highest BCUT2D eigenvalue weighted by Crippen LogP contribution is 2.20. The first-order valence-electron chi connectivity index (χ1n) is 3.86. The molecule has 1 aromatic rings. The SMILES string of the molecule is O=C(O)/C(F)=C/c1ccccc1[N+](=O)[O-]. The molecule has 0 saturated heterocycles. The Morgan fingerprint density at radius 2 is 2.07 bits per heavy atom. The molecule has 0 amide bonds. The van der Waals surface area contributed by atoms with E-state index in [1.807, 2.05) is 0 Å². The number of nitrogens with zero attached hydrogens (tertiary/aromatic N) is 1. The number of carbonyl (C=O) groups is 1. The van der Waals surface area contributed by atoms with Crippen molar-refractivity contribution in [3.05, 3.63) is 45.8 Å². The average molecular weight is 211 g/mol. The van der Waals surface area contributed by atoms with E-state index in [0.29, 0.717) is 6.08 Å². The quantitative estimate of drug-likeness (QED) is 0.471. The van der Waals surface area contributed by atoms with Crippen molar-refractivity contribution in [3.63, 3.8) is 0 Å². The molecule has 1 N–H and O–H groups in total. The highest BCUT2D eigenvalue weighted by atomic mass is 19.1. The lowest BCUT2D eigenvalue weighted by Crippen LogP contribution is -1.96. The highest BCUT2D eigenvalue weighted by Gasteiger charge is 2.13. The van der Waals surface area contributed by atoms with Gasteiger partial charge < -0.3 is 5.11 Å². The van der Waals surface area contributed by atoms with E-state index in [1.54, 1.807) is 0 Å². The normalized spacial score (nSPS) is 11.1. The van der Waals surface area contributed by atoms with Crippen molar-refractivity contribution < 1.29 is 19.2 Å². The van der Waals surface area contributed by atoms with Crippen molar-refractivity contribution in [2.24, 2.45) is 0 Å². The summed E-state index contributed by atoms with van der Waals surface area (Å²) in [6.07, 6.45) is 0.612. The maximum Gasteiger partial charge on any atom is 0.364 e. The van der Waals surface area contributed by atoms with Gasteiger partial charge in [0, 0.05) is 6.07 Å². The molecule has 1 rings (SSSR count). The maximum absolute atomic E-state index is 12.7. The number of aliphatic carboxylic acids is 1. The van der Waals surface area contributed by atoms with E-state index in [2.05, 4.69) is 0 Å². The number of carboxylic acid groups (broad SMARTS) is 1. The minimum Gasteiger partial charge on any atom is -0.476 e. The summed E-state index contributed by atoms with van der Waals surface area (Å²) in [5.41, 5.74) is -0.420. The zero-order chi connectivity index (χ0) is 11.4. The number of hydrogen-bond donors (Lipinski definition) is 1. The molecule has 0 saturated carbocycles. The van der Waals surface area contributed by atoms with Gasteiger partial charge in [-0.15, -0.1) is 0 Å². The molecule has 0 spiro atoms. The van der Waals surface area contributed by atoms with E-state index in [-0.39, 0.29) is 11.3 Å². The third kappa shape index (κ3) is 2.60. The fourth-order valence-corrected chi connectivity index (χ4v) is 0.974. The van der Waals surface area contributed by atoms with Gasteiger partial charge in [-0.05, 0) is 12.1 Å². The summed E-state index contributed by atoms with van der Waals surface area (Å²) in [6.45, 7) is 0. The molecule has 0 fully saturated rings. The second-order valence-electron chi connectivity index (χ2n) is 2.61. The van der Waals surface area contributed by atoms with Crippen LogP contribution in [-0.2, 0) is 4.79 Å². The summed E-state index contributed by atoms with van der Waals surface area (Å²) < 4.78 is 12.7.